The maximum absolute atomic E-state index is 12.5. The Kier molecular flexibility index (Phi) is 4.68. The summed E-state index contributed by atoms with van der Waals surface area (Å²) < 4.78 is 37.5. The van der Waals surface area contributed by atoms with Gasteiger partial charge in [-0.05, 0) is 37.2 Å². The summed E-state index contributed by atoms with van der Waals surface area (Å²) >= 11 is 0. The van der Waals surface area contributed by atoms with Crippen LogP contribution in [0.4, 0.5) is 13.2 Å². The highest BCUT2D eigenvalue weighted by Gasteiger charge is 2.29. The van der Waals surface area contributed by atoms with Crippen LogP contribution in [0.1, 0.15) is 22.3 Å². The first-order chi connectivity index (χ1) is 9.84. The number of rotatable bonds is 4. The average molecular weight is 293 g/mol. The zero-order valence-electron chi connectivity index (χ0n) is 12.1. The molecule has 2 rings (SSSR count). The zero-order valence-corrected chi connectivity index (χ0v) is 12.1. The van der Waals surface area contributed by atoms with Crippen molar-refractivity contribution in [2.75, 3.05) is 7.05 Å². The molecule has 0 aromatic heterocycles. The van der Waals surface area contributed by atoms with Gasteiger partial charge in [-0.2, -0.15) is 13.2 Å². The molecule has 0 N–H and O–H groups in total. The Morgan fingerprint density at radius 2 is 1.24 bits per heavy atom. The van der Waals surface area contributed by atoms with Gasteiger partial charge in [0.1, 0.15) is 0 Å². The van der Waals surface area contributed by atoms with Crippen LogP contribution in [0.2, 0.25) is 0 Å². The van der Waals surface area contributed by atoms with Crippen molar-refractivity contribution in [1.29, 1.82) is 0 Å². The lowest BCUT2D eigenvalue weighted by Crippen LogP contribution is -2.17. The van der Waals surface area contributed by atoms with Crippen LogP contribution in [0.25, 0.3) is 0 Å². The van der Waals surface area contributed by atoms with E-state index < -0.39 is 11.7 Å². The molecule has 0 radical (unpaired) electrons. The van der Waals surface area contributed by atoms with Crippen LogP contribution in [0.15, 0.2) is 48.5 Å². The Morgan fingerprint density at radius 3 is 1.67 bits per heavy atom. The normalized spacial score (nSPS) is 11.9. The molecule has 4 heteroatoms. The van der Waals surface area contributed by atoms with Crippen LogP contribution in [-0.2, 0) is 19.3 Å². The van der Waals surface area contributed by atoms with Gasteiger partial charge in [0.05, 0.1) is 5.56 Å². The molecule has 0 unspecified atom stereocenters. The predicted octanol–water partition coefficient (Wildman–Crippen LogP) is 4.65. The van der Waals surface area contributed by atoms with Crippen LogP contribution in [0.3, 0.4) is 0 Å². The van der Waals surface area contributed by atoms with E-state index in [0.717, 1.165) is 24.2 Å². The maximum Gasteiger partial charge on any atom is 0.416 e. The molecule has 0 fully saturated rings. The number of hydrogen-bond donors (Lipinski definition) is 0. The van der Waals surface area contributed by atoms with Crippen LogP contribution < -0.4 is 0 Å². The fraction of sp³-hybridized carbons (Fsp3) is 0.294. The smallest absolute Gasteiger partial charge is 0.298 e. The summed E-state index contributed by atoms with van der Waals surface area (Å²) in [5, 5.41) is 0. The second-order valence-electron chi connectivity index (χ2n) is 5.35. The SMILES string of the molecule is Cc1ccc(CN(C)Cc2ccc(C(F)(F)F)cc2)cc1. The Hall–Kier alpha value is -1.81. The van der Waals surface area contributed by atoms with E-state index in [9.17, 15) is 13.2 Å². The number of benzene rings is 2. The molecule has 0 aliphatic rings. The summed E-state index contributed by atoms with van der Waals surface area (Å²) in [6.07, 6.45) is -4.27. The van der Waals surface area contributed by atoms with Crippen molar-refractivity contribution in [1.82, 2.24) is 4.90 Å². The molecule has 0 heterocycles. The second-order valence-corrected chi connectivity index (χ2v) is 5.35. The van der Waals surface area contributed by atoms with Crippen LogP contribution in [0.5, 0.6) is 0 Å². The minimum Gasteiger partial charge on any atom is -0.298 e. The number of nitrogens with zero attached hydrogens (tertiary/aromatic N) is 1. The molecule has 1 nitrogen and oxygen atoms in total. The van der Waals surface area contributed by atoms with Gasteiger partial charge in [-0.25, -0.2) is 0 Å². The topological polar surface area (TPSA) is 3.24 Å². The largest absolute Gasteiger partial charge is 0.416 e. The standard InChI is InChI=1S/C17H18F3N/c1-13-3-5-14(6-4-13)11-21(2)12-15-7-9-16(10-8-15)17(18,19)20/h3-10H,11-12H2,1-2H3. The number of hydrogen-bond acceptors (Lipinski definition) is 1. The van der Waals surface area contributed by atoms with E-state index in [1.165, 1.54) is 23.3 Å². The molecule has 0 amide bonds. The van der Waals surface area contributed by atoms with Crippen molar-refractivity contribution in [3.05, 3.63) is 70.8 Å². The van der Waals surface area contributed by atoms with E-state index in [0.29, 0.717) is 6.54 Å². The third-order valence-electron chi connectivity index (χ3n) is 3.31. The van der Waals surface area contributed by atoms with Gasteiger partial charge in [-0.1, -0.05) is 42.0 Å². The Bertz CT molecular complexity index is 570. The van der Waals surface area contributed by atoms with Gasteiger partial charge in [-0.3, -0.25) is 4.90 Å². The quantitative estimate of drug-likeness (QED) is 0.793. The number of halogens is 3. The van der Waals surface area contributed by atoms with E-state index in [-0.39, 0.29) is 0 Å². The molecule has 0 saturated heterocycles. The van der Waals surface area contributed by atoms with E-state index in [1.807, 2.05) is 14.0 Å². The van der Waals surface area contributed by atoms with E-state index in [4.69, 9.17) is 0 Å². The average Bonchev–Trinajstić information content (AvgIpc) is 2.41. The molecular formula is C17H18F3N. The third kappa shape index (κ3) is 4.60. The number of aryl methyl sites for hydroxylation is 1. The summed E-state index contributed by atoms with van der Waals surface area (Å²) in [4.78, 5) is 2.08. The predicted molar refractivity (Wildman–Crippen MR) is 77.8 cm³/mol. The molecular weight excluding hydrogens is 275 g/mol. The molecule has 112 valence electrons. The molecule has 0 aliphatic carbocycles. The van der Waals surface area contributed by atoms with Crippen molar-refractivity contribution in [3.63, 3.8) is 0 Å². The summed E-state index contributed by atoms with van der Waals surface area (Å²) in [7, 11) is 1.96. The summed E-state index contributed by atoms with van der Waals surface area (Å²) in [6.45, 7) is 3.42. The van der Waals surface area contributed by atoms with Crippen molar-refractivity contribution >= 4 is 0 Å². The lowest BCUT2D eigenvalue weighted by molar-refractivity contribution is -0.137. The fourth-order valence-electron chi connectivity index (χ4n) is 2.17. The highest BCUT2D eigenvalue weighted by atomic mass is 19.4. The second kappa shape index (κ2) is 6.31. The third-order valence-corrected chi connectivity index (χ3v) is 3.31. The molecule has 0 bridgehead atoms. The first-order valence-corrected chi connectivity index (χ1v) is 6.75. The first kappa shape index (κ1) is 15.6. The van der Waals surface area contributed by atoms with Crippen LogP contribution in [0, 0.1) is 6.92 Å². The molecule has 0 spiro atoms. The Balaban J connectivity index is 1.96. The maximum atomic E-state index is 12.5. The van der Waals surface area contributed by atoms with E-state index >= 15 is 0 Å². The van der Waals surface area contributed by atoms with Crippen molar-refractivity contribution in [3.8, 4) is 0 Å². The van der Waals surface area contributed by atoms with Gasteiger partial charge < -0.3 is 0 Å². The van der Waals surface area contributed by atoms with Gasteiger partial charge in [0.25, 0.3) is 0 Å². The van der Waals surface area contributed by atoms with Gasteiger partial charge >= 0.3 is 6.18 Å². The monoisotopic (exact) mass is 293 g/mol. The summed E-state index contributed by atoms with van der Waals surface area (Å²) in [6, 6.07) is 13.6. The van der Waals surface area contributed by atoms with Gasteiger partial charge in [-0.15, -0.1) is 0 Å². The molecule has 0 atom stereocenters. The van der Waals surface area contributed by atoms with Gasteiger partial charge in [0.15, 0.2) is 0 Å². The minimum atomic E-state index is -4.27. The van der Waals surface area contributed by atoms with Gasteiger partial charge in [0.2, 0.25) is 0 Å². The highest BCUT2D eigenvalue weighted by molar-refractivity contribution is 5.25. The van der Waals surface area contributed by atoms with Crippen LogP contribution >= 0.6 is 0 Å². The number of alkyl halides is 3. The summed E-state index contributed by atoms with van der Waals surface area (Å²) in [5.74, 6) is 0. The lowest BCUT2D eigenvalue weighted by atomic mass is 10.1. The van der Waals surface area contributed by atoms with Gasteiger partial charge in [0, 0.05) is 13.1 Å². The molecule has 2 aromatic carbocycles. The zero-order chi connectivity index (χ0) is 15.5. The van der Waals surface area contributed by atoms with Crippen molar-refractivity contribution in [2.24, 2.45) is 0 Å². The first-order valence-electron chi connectivity index (χ1n) is 6.75. The molecule has 0 aliphatic heterocycles. The fourth-order valence-corrected chi connectivity index (χ4v) is 2.17. The highest BCUT2D eigenvalue weighted by Crippen LogP contribution is 2.29. The molecule has 2 aromatic rings. The summed E-state index contributed by atoms with van der Waals surface area (Å²) in [5.41, 5.74) is 2.67. The van der Waals surface area contributed by atoms with Crippen molar-refractivity contribution in [2.45, 2.75) is 26.2 Å². The lowest BCUT2D eigenvalue weighted by Gasteiger charge is -2.17. The Morgan fingerprint density at radius 1 is 0.810 bits per heavy atom. The minimum absolute atomic E-state index is 0.604. The molecule has 21 heavy (non-hydrogen) atoms. The van der Waals surface area contributed by atoms with Crippen molar-refractivity contribution < 1.29 is 13.2 Å². The van der Waals surface area contributed by atoms with E-state index in [2.05, 4.69) is 29.2 Å². The van der Waals surface area contributed by atoms with Crippen LogP contribution in [-0.4, -0.2) is 11.9 Å². The van der Waals surface area contributed by atoms with E-state index in [1.54, 1.807) is 0 Å². The Labute approximate surface area is 123 Å². The molecule has 0 saturated carbocycles.